The Kier molecular flexibility index (Phi) is 3.44. The summed E-state index contributed by atoms with van der Waals surface area (Å²) in [4.78, 5) is 12.9. The first kappa shape index (κ1) is 11.8. The molecule has 0 aliphatic carbocycles. The van der Waals surface area contributed by atoms with Gasteiger partial charge < -0.3 is 4.57 Å². The molecule has 0 radical (unpaired) electrons. The minimum Gasteiger partial charge on any atom is -0.331 e. The highest BCUT2D eigenvalue weighted by Gasteiger charge is 2.13. The molecule has 0 aromatic carbocycles. The SMILES string of the molecule is CCc1nc(-c2nccn2C)nc(Cl)c1I. The summed E-state index contributed by atoms with van der Waals surface area (Å²) in [6, 6.07) is 0. The standard InChI is InChI=1S/C10H10ClIN4/c1-3-6-7(12)8(11)15-9(14-6)10-13-4-5-16(10)2/h4-5H,3H2,1-2H3. The van der Waals surface area contributed by atoms with Gasteiger partial charge >= 0.3 is 0 Å². The monoisotopic (exact) mass is 348 g/mol. The van der Waals surface area contributed by atoms with E-state index in [4.69, 9.17) is 11.6 Å². The third-order valence-electron chi connectivity index (χ3n) is 2.24. The van der Waals surface area contributed by atoms with Crippen LogP contribution in [0.15, 0.2) is 12.4 Å². The molecule has 0 atom stereocenters. The summed E-state index contributed by atoms with van der Waals surface area (Å²) in [7, 11) is 1.91. The van der Waals surface area contributed by atoms with E-state index >= 15 is 0 Å². The van der Waals surface area contributed by atoms with Crippen LogP contribution in [-0.4, -0.2) is 19.5 Å². The van der Waals surface area contributed by atoms with Gasteiger partial charge in [0, 0.05) is 19.4 Å². The van der Waals surface area contributed by atoms with Crippen molar-refractivity contribution in [2.45, 2.75) is 13.3 Å². The van der Waals surface area contributed by atoms with Gasteiger partial charge in [-0.25, -0.2) is 15.0 Å². The van der Waals surface area contributed by atoms with Gasteiger partial charge in [-0.05, 0) is 29.0 Å². The summed E-state index contributed by atoms with van der Waals surface area (Å²) in [5.41, 5.74) is 0.957. The van der Waals surface area contributed by atoms with Crippen LogP contribution >= 0.6 is 34.2 Å². The molecule has 0 N–H and O–H groups in total. The van der Waals surface area contributed by atoms with E-state index in [2.05, 4.69) is 37.5 Å². The number of aromatic nitrogens is 4. The maximum Gasteiger partial charge on any atom is 0.197 e. The number of rotatable bonds is 2. The Morgan fingerprint density at radius 3 is 2.75 bits per heavy atom. The second-order valence-corrected chi connectivity index (χ2v) is 4.75. The van der Waals surface area contributed by atoms with Crippen molar-refractivity contribution in [1.29, 1.82) is 0 Å². The first-order valence-electron chi connectivity index (χ1n) is 4.83. The Labute approximate surface area is 112 Å². The molecule has 2 rings (SSSR count). The van der Waals surface area contributed by atoms with Gasteiger partial charge in [-0.15, -0.1) is 0 Å². The lowest BCUT2D eigenvalue weighted by molar-refractivity contribution is 0.892. The predicted molar refractivity (Wildman–Crippen MR) is 71.3 cm³/mol. The van der Waals surface area contributed by atoms with Gasteiger partial charge in [0.2, 0.25) is 0 Å². The van der Waals surface area contributed by atoms with Crippen molar-refractivity contribution in [2.24, 2.45) is 7.05 Å². The Hall–Kier alpha value is -0.690. The fraction of sp³-hybridized carbons (Fsp3) is 0.300. The minimum atomic E-state index is 0.491. The van der Waals surface area contributed by atoms with Crippen molar-refractivity contribution < 1.29 is 0 Å². The van der Waals surface area contributed by atoms with E-state index in [-0.39, 0.29) is 0 Å². The van der Waals surface area contributed by atoms with Crippen molar-refractivity contribution in [3.63, 3.8) is 0 Å². The highest BCUT2D eigenvalue weighted by Crippen LogP contribution is 2.23. The van der Waals surface area contributed by atoms with Gasteiger partial charge in [-0.1, -0.05) is 18.5 Å². The molecule has 2 heterocycles. The minimum absolute atomic E-state index is 0.491. The largest absolute Gasteiger partial charge is 0.331 e. The van der Waals surface area contributed by atoms with Crippen molar-refractivity contribution >= 4 is 34.2 Å². The Balaban J connectivity index is 2.59. The quantitative estimate of drug-likeness (QED) is 0.619. The molecule has 84 valence electrons. The van der Waals surface area contributed by atoms with Crippen LogP contribution in [0.2, 0.25) is 5.15 Å². The molecule has 0 aliphatic rings. The van der Waals surface area contributed by atoms with Gasteiger partial charge in [-0.3, -0.25) is 0 Å². The van der Waals surface area contributed by atoms with Gasteiger partial charge in [-0.2, -0.15) is 0 Å². The molecule has 4 nitrogen and oxygen atoms in total. The van der Waals surface area contributed by atoms with Crippen LogP contribution in [-0.2, 0) is 13.5 Å². The summed E-state index contributed by atoms with van der Waals surface area (Å²) < 4.78 is 2.79. The van der Waals surface area contributed by atoms with Crippen LogP contribution in [0.4, 0.5) is 0 Å². The van der Waals surface area contributed by atoms with Crippen molar-refractivity contribution in [3.05, 3.63) is 26.8 Å². The third-order valence-corrected chi connectivity index (χ3v) is 3.96. The van der Waals surface area contributed by atoms with E-state index in [1.54, 1.807) is 6.20 Å². The maximum absolute atomic E-state index is 6.07. The number of hydrogen-bond donors (Lipinski definition) is 0. The average Bonchev–Trinajstić information content (AvgIpc) is 2.68. The fourth-order valence-electron chi connectivity index (χ4n) is 1.38. The molecular formula is C10H10ClIN4. The molecule has 0 unspecified atom stereocenters. The third kappa shape index (κ3) is 2.06. The number of imidazole rings is 1. The molecule has 0 spiro atoms. The van der Waals surface area contributed by atoms with E-state index in [1.807, 2.05) is 24.7 Å². The highest BCUT2D eigenvalue weighted by atomic mass is 127. The summed E-state index contributed by atoms with van der Waals surface area (Å²) in [5, 5.41) is 0.491. The lowest BCUT2D eigenvalue weighted by Gasteiger charge is -2.06. The number of nitrogens with zero attached hydrogens (tertiary/aromatic N) is 4. The van der Waals surface area contributed by atoms with E-state index in [9.17, 15) is 0 Å². The van der Waals surface area contributed by atoms with E-state index < -0.39 is 0 Å². The zero-order valence-corrected chi connectivity index (χ0v) is 11.8. The number of hydrogen-bond acceptors (Lipinski definition) is 3. The first-order chi connectivity index (χ1) is 7.63. The van der Waals surface area contributed by atoms with Gasteiger partial charge in [0.05, 0.1) is 9.26 Å². The average molecular weight is 349 g/mol. The molecule has 0 aliphatic heterocycles. The second kappa shape index (κ2) is 4.67. The van der Waals surface area contributed by atoms with Crippen LogP contribution in [0.3, 0.4) is 0 Å². The van der Waals surface area contributed by atoms with E-state index in [0.717, 1.165) is 21.5 Å². The van der Waals surface area contributed by atoms with E-state index in [1.165, 1.54) is 0 Å². The second-order valence-electron chi connectivity index (χ2n) is 3.31. The molecule has 2 aromatic heterocycles. The van der Waals surface area contributed by atoms with Crippen LogP contribution < -0.4 is 0 Å². The predicted octanol–water partition coefficient (Wildman–Crippen LogP) is 2.70. The first-order valence-corrected chi connectivity index (χ1v) is 6.28. The Morgan fingerprint density at radius 1 is 1.44 bits per heavy atom. The van der Waals surface area contributed by atoms with Crippen molar-refractivity contribution in [3.8, 4) is 11.6 Å². The van der Waals surface area contributed by atoms with E-state index in [0.29, 0.717) is 11.0 Å². The summed E-state index contributed by atoms with van der Waals surface area (Å²) in [5.74, 6) is 1.31. The van der Waals surface area contributed by atoms with Crippen molar-refractivity contribution in [2.75, 3.05) is 0 Å². The molecule has 0 amide bonds. The van der Waals surface area contributed by atoms with Crippen molar-refractivity contribution in [1.82, 2.24) is 19.5 Å². The summed E-state index contributed by atoms with van der Waals surface area (Å²) in [6.45, 7) is 2.04. The molecule has 0 bridgehead atoms. The smallest absolute Gasteiger partial charge is 0.197 e. The fourth-order valence-corrected chi connectivity index (χ4v) is 2.19. The molecule has 16 heavy (non-hydrogen) atoms. The van der Waals surface area contributed by atoms with Gasteiger partial charge in [0.1, 0.15) is 5.15 Å². The highest BCUT2D eigenvalue weighted by molar-refractivity contribution is 14.1. The lowest BCUT2D eigenvalue weighted by atomic mass is 10.3. The van der Waals surface area contributed by atoms with Gasteiger partial charge in [0.25, 0.3) is 0 Å². The van der Waals surface area contributed by atoms with Gasteiger partial charge in [0.15, 0.2) is 11.6 Å². The zero-order chi connectivity index (χ0) is 11.7. The zero-order valence-electron chi connectivity index (χ0n) is 8.91. The Morgan fingerprint density at radius 2 is 2.19 bits per heavy atom. The topological polar surface area (TPSA) is 43.6 Å². The molecule has 0 fully saturated rings. The lowest BCUT2D eigenvalue weighted by Crippen LogP contribution is -2.03. The molecular weight excluding hydrogens is 338 g/mol. The molecule has 0 saturated heterocycles. The van der Waals surface area contributed by atoms with Crippen LogP contribution in [0.25, 0.3) is 11.6 Å². The summed E-state index contributed by atoms with van der Waals surface area (Å²) >= 11 is 8.24. The normalized spacial score (nSPS) is 10.8. The molecule has 0 saturated carbocycles. The molecule has 6 heteroatoms. The van der Waals surface area contributed by atoms with Crippen LogP contribution in [0, 0.1) is 3.57 Å². The number of halogens is 2. The number of aryl methyl sites for hydroxylation is 2. The van der Waals surface area contributed by atoms with Crippen LogP contribution in [0.5, 0.6) is 0 Å². The summed E-state index contributed by atoms with van der Waals surface area (Å²) in [6.07, 6.45) is 4.41. The molecule has 2 aromatic rings. The maximum atomic E-state index is 6.07. The Bertz CT molecular complexity index is 524. The van der Waals surface area contributed by atoms with Crippen LogP contribution in [0.1, 0.15) is 12.6 Å².